The Morgan fingerprint density at radius 2 is 1.75 bits per heavy atom. The Morgan fingerprint density at radius 1 is 1.08 bits per heavy atom. The monoisotopic (exact) mass is 338 g/mol. The van der Waals surface area contributed by atoms with Crippen LogP contribution in [0.25, 0.3) is 10.8 Å². The molecule has 0 saturated carbocycles. The van der Waals surface area contributed by atoms with E-state index in [1.807, 2.05) is 47.8 Å². The van der Waals surface area contributed by atoms with Crippen LogP contribution >= 0.6 is 0 Å². The Morgan fingerprint density at radius 3 is 2.38 bits per heavy atom. The minimum absolute atomic E-state index is 0.0278. The maximum Gasteiger partial charge on any atom is 0.391 e. The number of aryl methyl sites for hydroxylation is 1. The summed E-state index contributed by atoms with van der Waals surface area (Å²) in [6.45, 7) is 0. The molecule has 0 saturated heterocycles. The molecule has 2 amide bonds. The molecule has 0 fully saturated rings. The quantitative estimate of drug-likeness (QED) is 0.850. The van der Waals surface area contributed by atoms with Crippen LogP contribution < -0.4 is 11.1 Å². The number of carbonyl (C=O) groups is 2. The van der Waals surface area contributed by atoms with E-state index in [0.29, 0.717) is 6.42 Å². The molecule has 128 valence electrons. The molecule has 0 bridgehead atoms. The lowest BCUT2D eigenvalue weighted by Crippen LogP contribution is -2.46. The summed E-state index contributed by atoms with van der Waals surface area (Å²) < 4.78 is 37.1. The van der Waals surface area contributed by atoms with Gasteiger partial charge in [-0.2, -0.15) is 13.2 Å². The number of benzene rings is 2. The third-order valence-electron chi connectivity index (χ3n) is 3.57. The first-order valence-electron chi connectivity index (χ1n) is 7.38. The molecule has 2 aromatic rings. The van der Waals surface area contributed by atoms with E-state index in [9.17, 15) is 22.8 Å². The number of hydrogen-bond donors (Lipinski definition) is 2. The predicted molar refractivity (Wildman–Crippen MR) is 84.1 cm³/mol. The van der Waals surface area contributed by atoms with Crippen molar-refractivity contribution in [3.05, 3.63) is 48.0 Å². The highest BCUT2D eigenvalue weighted by Crippen LogP contribution is 2.21. The van der Waals surface area contributed by atoms with Crippen LogP contribution in [0.5, 0.6) is 0 Å². The van der Waals surface area contributed by atoms with Crippen LogP contribution in [0.15, 0.2) is 42.5 Å². The van der Waals surface area contributed by atoms with E-state index >= 15 is 0 Å². The van der Waals surface area contributed by atoms with E-state index in [1.165, 1.54) is 0 Å². The fourth-order valence-electron chi connectivity index (χ4n) is 2.37. The summed E-state index contributed by atoms with van der Waals surface area (Å²) in [5, 5.41) is 4.12. The summed E-state index contributed by atoms with van der Waals surface area (Å²) in [6, 6.07) is 11.7. The van der Waals surface area contributed by atoms with Crippen LogP contribution in [-0.2, 0) is 16.0 Å². The summed E-state index contributed by atoms with van der Waals surface area (Å²) in [6.07, 6.45) is -5.72. The molecule has 0 aliphatic heterocycles. The second kappa shape index (κ2) is 7.33. The normalized spacial score (nSPS) is 12.8. The molecular weight excluding hydrogens is 321 g/mol. The van der Waals surface area contributed by atoms with Crippen LogP contribution in [-0.4, -0.2) is 24.0 Å². The van der Waals surface area contributed by atoms with Gasteiger partial charge in [-0.25, -0.2) is 0 Å². The molecule has 2 aromatic carbocycles. The lowest BCUT2D eigenvalue weighted by molar-refractivity contribution is -0.150. The number of nitrogens with one attached hydrogen (secondary N) is 1. The van der Waals surface area contributed by atoms with Crippen molar-refractivity contribution >= 4 is 22.6 Å². The number of hydrogen-bond acceptors (Lipinski definition) is 2. The third-order valence-corrected chi connectivity index (χ3v) is 3.57. The second-order valence-electron chi connectivity index (χ2n) is 5.52. The van der Waals surface area contributed by atoms with E-state index in [4.69, 9.17) is 5.73 Å². The van der Waals surface area contributed by atoms with Crippen molar-refractivity contribution in [3.8, 4) is 0 Å². The summed E-state index contributed by atoms with van der Waals surface area (Å²) in [5.74, 6) is -1.84. The van der Waals surface area contributed by atoms with Crippen LogP contribution in [0, 0.1) is 0 Å². The molecule has 0 radical (unpaired) electrons. The van der Waals surface area contributed by atoms with E-state index in [2.05, 4.69) is 0 Å². The molecule has 0 spiro atoms. The van der Waals surface area contributed by atoms with Gasteiger partial charge in [0.25, 0.3) is 0 Å². The second-order valence-corrected chi connectivity index (χ2v) is 5.52. The number of carbonyl (C=O) groups excluding carboxylic acids is 2. The lowest BCUT2D eigenvalue weighted by Gasteiger charge is -2.17. The molecule has 1 atom stereocenters. The van der Waals surface area contributed by atoms with Crippen molar-refractivity contribution in [3.63, 3.8) is 0 Å². The van der Waals surface area contributed by atoms with Crippen molar-refractivity contribution in [2.45, 2.75) is 31.5 Å². The van der Waals surface area contributed by atoms with Gasteiger partial charge in [-0.1, -0.05) is 42.5 Å². The van der Waals surface area contributed by atoms with E-state index in [1.54, 1.807) is 0 Å². The molecule has 0 aliphatic rings. The van der Waals surface area contributed by atoms with Crippen molar-refractivity contribution in [2.75, 3.05) is 0 Å². The molecule has 0 aromatic heterocycles. The number of nitrogens with two attached hydrogens (primary N) is 1. The van der Waals surface area contributed by atoms with Crippen LogP contribution in [0.2, 0.25) is 0 Å². The third kappa shape index (κ3) is 5.26. The van der Waals surface area contributed by atoms with Crippen molar-refractivity contribution < 1.29 is 22.8 Å². The molecule has 2 rings (SSSR count). The number of primary amides is 1. The largest absolute Gasteiger partial charge is 0.391 e. The Hall–Kier alpha value is -2.57. The lowest BCUT2D eigenvalue weighted by atomic mass is 10.0. The Balaban J connectivity index is 1.94. The standard InChI is InChI=1S/C17H17F3N2O2/c18-17(19,20)10-14(16(21)24)22-15(23)8-6-11-5-7-12-3-1-2-4-13(12)9-11/h1-5,7,9,14H,6,8,10H2,(H2,21,24)(H,22,23). The zero-order valence-corrected chi connectivity index (χ0v) is 12.8. The maximum absolute atomic E-state index is 12.4. The number of fused-ring (bicyclic) bond motifs is 1. The Labute approximate surface area is 136 Å². The smallest absolute Gasteiger partial charge is 0.368 e. The highest BCUT2D eigenvalue weighted by atomic mass is 19.4. The molecule has 1 unspecified atom stereocenters. The summed E-state index contributed by atoms with van der Waals surface area (Å²) in [5.41, 5.74) is 5.79. The number of halogens is 3. The molecule has 3 N–H and O–H groups in total. The highest BCUT2D eigenvalue weighted by Gasteiger charge is 2.35. The Kier molecular flexibility index (Phi) is 5.43. The van der Waals surface area contributed by atoms with Crippen molar-refractivity contribution in [1.82, 2.24) is 5.32 Å². The van der Waals surface area contributed by atoms with E-state index in [-0.39, 0.29) is 6.42 Å². The van der Waals surface area contributed by atoms with Crippen LogP contribution in [0.3, 0.4) is 0 Å². The van der Waals surface area contributed by atoms with Gasteiger partial charge in [0.1, 0.15) is 6.04 Å². The molecule has 0 aliphatic carbocycles. The zero-order valence-electron chi connectivity index (χ0n) is 12.8. The summed E-state index contributed by atoms with van der Waals surface area (Å²) in [7, 11) is 0. The number of alkyl halides is 3. The van der Waals surface area contributed by atoms with Crippen molar-refractivity contribution in [2.24, 2.45) is 5.73 Å². The fourth-order valence-corrected chi connectivity index (χ4v) is 2.37. The average Bonchev–Trinajstić information content (AvgIpc) is 2.50. The van der Waals surface area contributed by atoms with Crippen molar-refractivity contribution in [1.29, 1.82) is 0 Å². The first-order chi connectivity index (χ1) is 11.2. The molecule has 24 heavy (non-hydrogen) atoms. The van der Waals surface area contributed by atoms with Gasteiger partial charge < -0.3 is 11.1 Å². The average molecular weight is 338 g/mol. The maximum atomic E-state index is 12.4. The van der Waals surface area contributed by atoms with Gasteiger partial charge in [0.2, 0.25) is 11.8 Å². The molecule has 4 nitrogen and oxygen atoms in total. The number of rotatable bonds is 6. The predicted octanol–water partition coefficient (Wildman–Crippen LogP) is 2.69. The van der Waals surface area contributed by atoms with Gasteiger partial charge >= 0.3 is 6.18 Å². The SMILES string of the molecule is NC(=O)C(CC(F)(F)F)NC(=O)CCc1ccc2ccccc2c1. The molecule has 7 heteroatoms. The van der Waals surface area contributed by atoms with Gasteiger partial charge in [-0.3, -0.25) is 9.59 Å². The van der Waals surface area contributed by atoms with Gasteiger partial charge in [-0.05, 0) is 22.8 Å². The first kappa shape index (κ1) is 17.8. The number of amides is 2. The minimum Gasteiger partial charge on any atom is -0.368 e. The van der Waals surface area contributed by atoms with Crippen LogP contribution in [0.4, 0.5) is 13.2 Å². The molecular formula is C17H17F3N2O2. The minimum atomic E-state index is -4.58. The summed E-state index contributed by atoms with van der Waals surface area (Å²) in [4.78, 5) is 22.8. The fraction of sp³-hybridized carbons (Fsp3) is 0.294. The topological polar surface area (TPSA) is 72.2 Å². The molecule has 0 heterocycles. The van der Waals surface area contributed by atoms with Gasteiger partial charge in [0, 0.05) is 6.42 Å². The van der Waals surface area contributed by atoms with Crippen LogP contribution in [0.1, 0.15) is 18.4 Å². The van der Waals surface area contributed by atoms with Gasteiger partial charge in [0.05, 0.1) is 6.42 Å². The van der Waals surface area contributed by atoms with Gasteiger partial charge in [0.15, 0.2) is 0 Å². The Bertz CT molecular complexity index is 744. The van der Waals surface area contributed by atoms with E-state index in [0.717, 1.165) is 16.3 Å². The van der Waals surface area contributed by atoms with Gasteiger partial charge in [-0.15, -0.1) is 0 Å². The summed E-state index contributed by atoms with van der Waals surface area (Å²) >= 11 is 0. The zero-order chi connectivity index (χ0) is 17.7. The first-order valence-corrected chi connectivity index (χ1v) is 7.38. The van der Waals surface area contributed by atoms with E-state index < -0.39 is 30.5 Å². The highest BCUT2D eigenvalue weighted by molar-refractivity contribution is 5.87.